The van der Waals surface area contributed by atoms with Gasteiger partial charge in [-0.15, -0.1) is 0 Å². The van der Waals surface area contributed by atoms with Crippen LogP contribution in [0.15, 0.2) is 182 Å². The lowest BCUT2D eigenvalue weighted by atomic mass is 10.0. The summed E-state index contributed by atoms with van der Waals surface area (Å²) < 4.78 is 61.6. The Bertz CT molecular complexity index is 2970. The van der Waals surface area contributed by atoms with E-state index in [-0.39, 0.29) is 19.3 Å². The molecule has 0 rings (SSSR count). The number of allylic oxidation sites excluding steroid dienone is 30. The molecule has 5 atom stereocenters. The highest BCUT2D eigenvalue weighted by molar-refractivity contribution is 7.47. The summed E-state index contributed by atoms with van der Waals surface area (Å²) >= 11 is 0. The van der Waals surface area contributed by atoms with Gasteiger partial charge in [0.05, 0.1) is 26.4 Å². The van der Waals surface area contributed by atoms with Crippen LogP contribution in [0.2, 0.25) is 0 Å². The smallest absolute Gasteiger partial charge is 0.463 e. The molecule has 18 heteroatoms. The molecule has 0 aliphatic heterocycles. The number of carbonyl (C=O) groups excluding carboxylic acids is 3. The van der Waals surface area contributed by atoms with Crippen molar-refractivity contribution in [3.05, 3.63) is 182 Å². The predicted molar refractivity (Wildman–Crippen MR) is 518 cm³/mol. The molecule has 16 nitrogen and oxygen atoms in total. The second-order valence-electron chi connectivity index (χ2n) is 32.5. The molecule has 0 saturated carbocycles. The lowest BCUT2D eigenvalue weighted by Gasteiger charge is -2.21. The van der Waals surface area contributed by atoms with Crippen molar-refractivity contribution in [2.45, 2.75) is 424 Å². The first-order valence-electron chi connectivity index (χ1n) is 49.1. The quantitative estimate of drug-likeness (QED) is 0.0146. The molecule has 0 heterocycles. The average molecular weight is 1760 g/mol. The molecule has 0 amide bonds. The van der Waals surface area contributed by atoms with E-state index >= 15 is 0 Å². The van der Waals surface area contributed by atoms with Gasteiger partial charge < -0.3 is 34.2 Å². The average Bonchev–Trinajstić information content (AvgIpc) is 0.893. The minimum Gasteiger partial charge on any atom is -0.463 e. The Hall–Kier alpha value is -5.35. The summed E-state index contributed by atoms with van der Waals surface area (Å²) in [5, 5.41) is 20.8. The van der Waals surface area contributed by atoms with E-state index in [1.165, 1.54) is 167 Å². The molecular formula is C105H178O16P2. The molecule has 0 aliphatic carbocycles. The Morgan fingerprint density at radius 3 is 0.683 bits per heavy atom. The van der Waals surface area contributed by atoms with Gasteiger partial charge in [-0.05, 0) is 161 Å². The van der Waals surface area contributed by atoms with Crippen molar-refractivity contribution in [1.29, 1.82) is 0 Å². The fourth-order valence-corrected chi connectivity index (χ4v) is 14.8. The van der Waals surface area contributed by atoms with Crippen molar-refractivity contribution in [3.8, 4) is 0 Å². The summed E-state index contributed by atoms with van der Waals surface area (Å²) in [4.78, 5) is 59.1. The zero-order valence-corrected chi connectivity index (χ0v) is 79.6. The van der Waals surface area contributed by atoms with Crippen molar-refractivity contribution in [2.75, 3.05) is 39.6 Å². The zero-order chi connectivity index (χ0) is 89.3. The van der Waals surface area contributed by atoms with E-state index in [4.69, 9.17) is 32.3 Å². The minimum atomic E-state index is -4.95. The molecular weight excluding hydrogens is 1580 g/mol. The number of aliphatic hydroxyl groups is 2. The molecule has 5 unspecified atom stereocenters. The van der Waals surface area contributed by atoms with Gasteiger partial charge in [0.1, 0.15) is 25.4 Å². The summed E-state index contributed by atoms with van der Waals surface area (Å²) in [6.07, 6.45) is 127. The van der Waals surface area contributed by atoms with Crippen LogP contribution in [0.5, 0.6) is 0 Å². The number of phosphoric ester groups is 2. The molecule has 0 radical (unpaired) electrons. The van der Waals surface area contributed by atoms with Crippen LogP contribution in [0, 0.1) is 0 Å². The van der Waals surface area contributed by atoms with E-state index in [0.717, 1.165) is 180 Å². The van der Waals surface area contributed by atoms with Gasteiger partial charge >= 0.3 is 33.6 Å². The predicted octanol–water partition coefficient (Wildman–Crippen LogP) is 30.8. The van der Waals surface area contributed by atoms with E-state index in [9.17, 15) is 43.5 Å². The SMILES string of the molecule is CC/C=C\C/C=C\C/C=C\C/C=C\C/C=C\C/C=C\CCCCCCCCCCC(=O)OCC(COP(=O)(O)OCC(O)COP(=O)(O)OCC(O)COC(=O)CCCCCCCCCCCCCCCCCCC/C=C\C/C=C\C/C=C\C/C=C\CCCCC)OC(=O)CCCCCCCCCCCCC/C=C\C/C=C\C/C=C\C/C=C\C/C=C\CC. The number of hydrogen-bond acceptors (Lipinski definition) is 14. The van der Waals surface area contributed by atoms with E-state index in [0.29, 0.717) is 19.3 Å². The van der Waals surface area contributed by atoms with Crippen molar-refractivity contribution in [3.63, 3.8) is 0 Å². The fraction of sp³-hybridized carbons (Fsp3) is 0.686. The Morgan fingerprint density at radius 1 is 0.236 bits per heavy atom. The Morgan fingerprint density at radius 2 is 0.431 bits per heavy atom. The van der Waals surface area contributed by atoms with Crippen LogP contribution in [0.4, 0.5) is 0 Å². The second-order valence-corrected chi connectivity index (χ2v) is 35.4. The Kier molecular flexibility index (Phi) is 91.6. The lowest BCUT2D eigenvalue weighted by molar-refractivity contribution is -0.161. The molecule has 0 spiro atoms. The summed E-state index contributed by atoms with van der Waals surface area (Å²) in [5.41, 5.74) is 0. The first-order chi connectivity index (χ1) is 60.2. The number of hydrogen-bond donors (Lipinski definition) is 4. The van der Waals surface area contributed by atoms with Crippen LogP contribution in [0.3, 0.4) is 0 Å². The minimum absolute atomic E-state index is 0.0928. The van der Waals surface area contributed by atoms with Gasteiger partial charge in [0, 0.05) is 19.3 Å². The van der Waals surface area contributed by atoms with Crippen LogP contribution in [0.1, 0.15) is 406 Å². The molecule has 0 aromatic carbocycles. The third-order valence-corrected chi connectivity index (χ3v) is 22.5. The van der Waals surface area contributed by atoms with Gasteiger partial charge in [-0.1, -0.05) is 409 Å². The van der Waals surface area contributed by atoms with Crippen molar-refractivity contribution in [1.82, 2.24) is 0 Å². The maximum Gasteiger partial charge on any atom is 0.472 e. The van der Waals surface area contributed by atoms with Crippen molar-refractivity contribution in [2.24, 2.45) is 0 Å². The van der Waals surface area contributed by atoms with Crippen molar-refractivity contribution >= 4 is 33.6 Å². The van der Waals surface area contributed by atoms with E-state index in [1.54, 1.807) is 0 Å². The number of phosphoric acid groups is 2. The van der Waals surface area contributed by atoms with Crippen LogP contribution >= 0.6 is 15.6 Å². The largest absolute Gasteiger partial charge is 0.472 e. The molecule has 0 saturated heterocycles. The van der Waals surface area contributed by atoms with Crippen LogP contribution in [-0.4, -0.2) is 95.9 Å². The van der Waals surface area contributed by atoms with Gasteiger partial charge in [-0.2, -0.15) is 0 Å². The number of rotatable bonds is 92. The van der Waals surface area contributed by atoms with Gasteiger partial charge in [0.25, 0.3) is 0 Å². The highest BCUT2D eigenvalue weighted by atomic mass is 31.2. The van der Waals surface area contributed by atoms with Gasteiger partial charge in [0.2, 0.25) is 0 Å². The molecule has 0 aliphatic rings. The molecule has 704 valence electrons. The maximum absolute atomic E-state index is 13.1. The summed E-state index contributed by atoms with van der Waals surface area (Å²) in [6, 6.07) is 0. The molecule has 0 fully saturated rings. The Balaban J connectivity index is 4.62. The number of esters is 3. The normalized spacial score (nSPS) is 14.5. The molecule has 4 N–H and O–H groups in total. The van der Waals surface area contributed by atoms with Gasteiger partial charge in [-0.25, -0.2) is 9.13 Å². The van der Waals surface area contributed by atoms with Gasteiger partial charge in [-0.3, -0.25) is 32.5 Å². The summed E-state index contributed by atoms with van der Waals surface area (Å²) in [7, 11) is -9.82. The number of unbranched alkanes of at least 4 members (excludes halogenated alkanes) is 39. The lowest BCUT2D eigenvalue weighted by Crippen LogP contribution is -2.30. The van der Waals surface area contributed by atoms with Crippen LogP contribution in [-0.2, 0) is 55.8 Å². The third-order valence-electron chi connectivity index (χ3n) is 20.6. The zero-order valence-electron chi connectivity index (χ0n) is 77.8. The summed E-state index contributed by atoms with van der Waals surface area (Å²) in [5.74, 6) is -1.58. The molecule has 0 bridgehead atoms. The molecule has 0 aromatic heterocycles. The topological polar surface area (TPSA) is 231 Å². The number of carbonyl (C=O) groups is 3. The first-order valence-corrected chi connectivity index (χ1v) is 52.1. The highest BCUT2D eigenvalue weighted by Crippen LogP contribution is 2.45. The number of ether oxygens (including phenoxy) is 3. The molecule has 123 heavy (non-hydrogen) atoms. The number of aliphatic hydroxyl groups excluding tert-OH is 2. The van der Waals surface area contributed by atoms with E-state index in [1.807, 2.05) is 0 Å². The Labute approximate surface area is 751 Å². The third kappa shape index (κ3) is 97.1. The van der Waals surface area contributed by atoms with E-state index in [2.05, 4.69) is 203 Å². The van der Waals surface area contributed by atoms with Gasteiger partial charge in [0.15, 0.2) is 6.10 Å². The maximum atomic E-state index is 13.1. The monoisotopic (exact) mass is 1760 g/mol. The fourth-order valence-electron chi connectivity index (χ4n) is 13.2. The standard InChI is InChI=1S/C105H178O16P2/c1-4-7-10-13-16-19-22-25-28-31-34-37-40-43-46-47-48-49-50-51-54-56-58-61-64-67-70-73-76-79-82-85-88-91-103(108)115-94-100(106)95-117-122(111,112)118-96-101(107)97-119-123(113,114)120-99-102(121-105(110)93-90-87-84-81-78-75-72-69-66-63-60-57-53-45-42-39-36-33-30-27-24-21-18-15-12-9-6-3)98-116-104(109)92-89-86-83-80-77-74-71-68-65-62-59-55-52-44-41-38-35-32-29-26-23-20-17-14-11-8-5-2/h8-9,11-12,16-21,25-30,34-39,43-46,52-53,59,62,100-102,106-107H,4-7,10,13-15,22-24,31-33,40-42,47-51,54-58,60-61,63-99H2,1-3H3,(H,111,112)(H,113,114)/b11-8-,12-9-,19-16-,20-17-,21-18-,28-25-,29-26-,30-27-,37-34-,38-35-,39-36-,46-43-,52-44-,53-45-,62-59-. The highest BCUT2D eigenvalue weighted by Gasteiger charge is 2.30. The van der Waals surface area contributed by atoms with E-state index < -0.39 is 91.5 Å². The second kappa shape index (κ2) is 95.7. The summed E-state index contributed by atoms with van der Waals surface area (Å²) in [6.45, 7) is 2.47. The molecule has 0 aromatic rings. The van der Waals surface area contributed by atoms with Crippen LogP contribution < -0.4 is 0 Å². The first kappa shape index (κ1) is 118. The van der Waals surface area contributed by atoms with Crippen LogP contribution in [0.25, 0.3) is 0 Å². The van der Waals surface area contributed by atoms with Crippen molar-refractivity contribution < 1.29 is 75.8 Å².